The van der Waals surface area contributed by atoms with Crippen molar-refractivity contribution in [1.29, 1.82) is 0 Å². The van der Waals surface area contributed by atoms with E-state index in [-0.39, 0.29) is 5.75 Å². The smallest absolute Gasteiger partial charge is 0.151 e. The van der Waals surface area contributed by atoms with Gasteiger partial charge in [0.25, 0.3) is 0 Å². The van der Waals surface area contributed by atoms with Crippen molar-refractivity contribution in [2.75, 3.05) is 18.1 Å². The quantitative estimate of drug-likeness (QED) is 0.899. The van der Waals surface area contributed by atoms with E-state index >= 15 is 0 Å². The van der Waals surface area contributed by atoms with Gasteiger partial charge in [-0.05, 0) is 60.4 Å². The van der Waals surface area contributed by atoms with Crippen molar-refractivity contribution < 1.29 is 8.42 Å². The van der Waals surface area contributed by atoms with Crippen LogP contribution in [0.4, 0.5) is 5.69 Å². The van der Waals surface area contributed by atoms with Gasteiger partial charge in [0.1, 0.15) is 0 Å². The zero-order valence-electron chi connectivity index (χ0n) is 14.4. The highest BCUT2D eigenvalue weighted by Gasteiger charge is 2.18. The van der Waals surface area contributed by atoms with Crippen LogP contribution in [0.3, 0.4) is 0 Å². The molecule has 0 spiro atoms. The minimum Gasteiger partial charge on any atom is -0.385 e. The summed E-state index contributed by atoms with van der Waals surface area (Å²) in [4.78, 5) is 0. The van der Waals surface area contributed by atoms with Gasteiger partial charge in [-0.2, -0.15) is 0 Å². The van der Waals surface area contributed by atoms with Crippen molar-refractivity contribution >= 4 is 15.5 Å². The van der Waals surface area contributed by atoms with Crippen molar-refractivity contribution in [3.8, 4) is 0 Å². The highest BCUT2D eigenvalue weighted by Crippen LogP contribution is 2.27. The van der Waals surface area contributed by atoms with Crippen LogP contribution in [0, 0.1) is 12.8 Å². The molecule has 1 atom stereocenters. The van der Waals surface area contributed by atoms with E-state index in [4.69, 9.17) is 0 Å². The molecule has 2 aromatic rings. The van der Waals surface area contributed by atoms with E-state index in [0.29, 0.717) is 5.92 Å². The predicted molar refractivity (Wildman–Crippen MR) is 100 cm³/mol. The molecule has 2 aromatic carbocycles. The molecule has 4 heteroatoms. The molecule has 0 saturated heterocycles. The number of sulfone groups is 1. The number of aryl methyl sites for hydroxylation is 1. The monoisotopic (exact) mass is 343 g/mol. The van der Waals surface area contributed by atoms with Crippen LogP contribution in [0.25, 0.3) is 0 Å². The summed E-state index contributed by atoms with van der Waals surface area (Å²) < 4.78 is 23.1. The minimum atomic E-state index is -3.01. The molecule has 0 heterocycles. The molecule has 0 aliphatic heterocycles. The van der Waals surface area contributed by atoms with Gasteiger partial charge in [0.2, 0.25) is 0 Å². The number of benzene rings is 2. The predicted octanol–water partition coefficient (Wildman–Crippen LogP) is 3.76. The minimum absolute atomic E-state index is 0.102. The fourth-order valence-electron chi connectivity index (χ4n) is 3.52. The summed E-state index contributed by atoms with van der Waals surface area (Å²) in [6, 6.07) is 14.6. The summed E-state index contributed by atoms with van der Waals surface area (Å²) >= 11 is 0. The Kier molecular flexibility index (Phi) is 4.95. The summed E-state index contributed by atoms with van der Waals surface area (Å²) in [5.41, 5.74) is 5.93. The standard InChI is InChI=1S/C20H25NO2S/c1-15-19(14-24(2,22)23)8-5-9-20(15)21-13-16-10-11-17-6-3-4-7-18(17)12-16/h3-9,16,21H,10-14H2,1-2H3. The summed E-state index contributed by atoms with van der Waals surface area (Å²) in [7, 11) is -3.01. The highest BCUT2D eigenvalue weighted by atomic mass is 32.2. The fraction of sp³-hybridized carbons (Fsp3) is 0.400. The molecule has 1 aliphatic rings. The number of anilines is 1. The van der Waals surface area contributed by atoms with Crippen molar-refractivity contribution in [3.63, 3.8) is 0 Å². The van der Waals surface area contributed by atoms with Gasteiger partial charge < -0.3 is 5.32 Å². The molecule has 128 valence electrons. The number of nitrogens with one attached hydrogen (secondary N) is 1. The highest BCUT2D eigenvalue weighted by molar-refractivity contribution is 7.89. The zero-order valence-corrected chi connectivity index (χ0v) is 15.2. The van der Waals surface area contributed by atoms with Crippen LogP contribution >= 0.6 is 0 Å². The molecule has 3 nitrogen and oxygen atoms in total. The van der Waals surface area contributed by atoms with Crippen molar-refractivity contribution in [1.82, 2.24) is 0 Å². The van der Waals surface area contributed by atoms with Crippen molar-refractivity contribution in [3.05, 3.63) is 64.7 Å². The van der Waals surface area contributed by atoms with Gasteiger partial charge >= 0.3 is 0 Å². The van der Waals surface area contributed by atoms with Gasteiger partial charge in [0.05, 0.1) is 5.75 Å². The van der Waals surface area contributed by atoms with E-state index < -0.39 is 9.84 Å². The van der Waals surface area contributed by atoms with Gasteiger partial charge in [-0.25, -0.2) is 8.42 Å². The number of hydrogen-bond acceptors (Lipinski definition) is 3. The Hall–Kier alpha value is -1.81. The third-order valence-corrected chi connectivity index (χ3v) is 5.73. The zero-order chi connectivity index (χ0) is 17.2. The maximum absolute atomic E-state index is 11.6. The Morgan fingerprint density at radius 1 is 1.08 bits per heavy atom. The molecule has 1 aliphatic carbocycles. The molecular weight excluding hydrogens is 318 g/mol. The number of fused-ring (bicyclic) bond motifs is 1. The van der Waals surface area contributed by atoms with Crippen LogP contribution in [0.1, 0.15) is 28.7 Å². The van der Waals surface area contributed by atoms with E-state index in [1.165, 1.54) is 23.8 Å². The lowest BCUT2D eigenvalue weighted by Crippen LogP contribution is -2.22. The first kappa shape index (κ1) is 17.0. The van der Waals surface area contributed by atoms with E-state index in [1.807, 2.05) is 25.1 Å². The van der Waals surface area contributed by atoms with Crippen LogP contribution in [0.15, 0.2) is 42.5 Å². The number of hydrogen-bond donors (Lipinski definition) is 1. The second-order valence-electron chi connectivity index (χ2n) is 6.92. The largest absolute Gasteiger partial charge is 0.385 e. The van der Waals surface area contributed by atoms with Gasteiger partial charge in [0.15, 0.2) is 9.84 Å². The topological polar surface area (TPSA) is 46.2 Å². The molecule has 0 bridgehead atoms. The van der Waals surface area contributed by atoms with Crippen LogP contribution in [0.2, 0.25) is 0 Å². The van der Waals surface area contributed by atoms with E-state index in [9.17, 15) is 8.42 Å². The first-order valence-corrected chi connectivity index (χ1v) is 10.6. The van der Waals surface area contributed by atoms with Crippen LogP contribution in [-0.4, -0.2) is 21.2 Å². The lowest BCUT2D eigenvalue weighted by atomic mass is 9.84. The summed E-state index contributed by atoms with van der Waals surface area (Å²) in [5.74, 6) is 0.725. The Morgan fingerprint density at radius 2 is 1.83 bits per heavy atom. The Labute approximate surface area is 145 Å². The molecule has 0 aromatic heterocycles. The molecule has 1 unspecified atom stereocenters. The molecule has 3 rings (SSSR count). The van der Waals surface area contributed by atoms with Crippen molar-refractivity contribution in [2.45, 2.75) is 31.9 Å². The Balaban J connectivity index is 1.66. The molecule has 0 saturated carbocycles. The average molecular weight is 343 g/mol. The lowest BCUT2D eigenvalue weighted by molar-refractivity contribution is 0.481. The maximum Gasteiger partial charge on any atom is 0.151 e. The third kappa shape index (κ3) is 4.18. The van der Waals surface area contributed by atoms with Gasteiger partial charge in [-0.3, -0.25) is 0 Å². The lowest BCUT2D eigenvalue weighted by Gasteiger charge is -2.25. The van der Waals surface area contributed by atoms with E-state index in [2.05, 4.69) is 29.6 Å². The second kappa shape index (κ2) is 6.98. The first-order chi connectivity index (χ1) is 11.4. The van der Waals surface area contributed by atoms with E-state index in [1.54, 1.807) is 0 Å². The summed E-state index contributed by atoms with van der Waals surface area (Å²) in [6.45, 7) is 2.93. The Morgan fingerprint density at radius 3 is 2.58 bits per heavy atom. The SMILES string of the molecule is Cc1c(CS(C)(=O)=O)cccc1NCC1CCc2ccccc2C1. The van der Waals surface area contributed by atoms with Gasteiger partial charge in [-0.1, -0.05) is 36.4 Å². The summed E-state index contributed by atoms with van der Waals surface area (Å²) in [6.07, 6.45) is 4.75. The molecule has 0 fully saturated rings. The molecule has 0 radical (unpaired) electrons. The molecular formula is C20H25NO2S. The van der Waals surface area contributed by atoms with Crippen LogP contribution in [-0.2, 0) is 28.4 Å². The molecule has 1 N–H and O–H groups in total. The van der Waals surface area contributed by atoms with Crippen LogP contribution < -0.4 is 5.32 Å². The third-order valence-electron chi connectivity index (χ3n) is 4.89. The van der Waals surface area contributed by atoms with Crippen molar-refractivity contribution in [2.24, 2.45) is 5.92 Å². The summed E-state index contributed by atoms with van der Waals surface area (Å²) in [5, 5.41) is 3.54. The van der Waals surface area contributed by atoms with E-state index in [0.717, 1.165) is 36.2 Å². The maximum atomic E-state index is 11.6. The van der Waals surface area contributed by atoms with Gasteiger partial charge in [0, 0.05) is 18.5 Å². The van der Waals surface area contributed by atoms with Crippen LogP contribution in [0.5, 0.6) is 0 Å². The molecule has 24 heavy (non-hydrogen) atoms. The first-order valence-electron chi connectivity index (χ1n) is 8.49. The average Bonchev–Trinajstić information content (AvgIpc) is 2.54. The normalized spacial score (nSPS) is 17.3. The Bertz CT molecular complexity index is 827. The number of rotatable bonds is 5. The molecule has 0 amide bonds. The fourth-order valence-corrected chi connectivity index (χ4v) is 4.39. The van der Waals surface area contributed by atoms with Gasteiger partial charge in [-0.15, -0.1) is 0 Å². The second-order valence-corrected chi connectivity index (χ2v) is 9.06.